The van der Waals surface area contributed by atoms with E-state index in [0.29, 0.717) is 15.8 Å². The van der Waals surface area contributed by atoms with E-state index in [1.807, 2.05) is 26.2 Å². The Morgan fingerprint density at radius 3 is 2.67 bits per heavy atom. The van der Waals surface area contributed by atoms with E-state index in [1.54, 1.807) is 19.3 Å². The molecular weight excluding hydrogens is 338 g/mol. The van der Waals surface area contributed by atoms with Crippen molar-refractivity contribution < 1.29 is 4.57 Å². The topological polar surface area (TPSA) is 68.0 Å². The minimum absolute atomic E-state index is 0.374. The third-order valence-corrected chi connectivity index (χ3v) is 4.15. The second-order valence-electron chi connectivity index (χ2n) is 4.75. The first kappa shape index (κ1) is 18.1. The fourth-order valence-corrected chi connectivity index (χ4v) is 3.01. The summed E-state index contributed by atoms with van der Waals surface area (Å²) in [6, 6.07) is 6.22. The second kappa shape index (κ2) is 8.56. The number of aromatic nitrogens is 3. The molecule has 0 fully saturated rings. The summed E-state index contributed by atoms with van der Waals surface area (Å²) in [5.41, 5.74) is 8.01. The Morgan fingerprint density at radius 2 is 2.00 bits per heavy atom. The highest BCUT2D eigenvalue weighted by Gasteiger charge is 2.10. The Balaban J connectivity index is 0.00000100. The van der Waals surface area contributed by atoms with E-state index in [0.717, 1.165) is 16.8 Å². The number of hydrogen-bond donors (Lipinski definition) is 1. The molecule has 0 unspecified atom stereocenters. The standard InChI is InChI=1S/C15H13N5S2.C2H6/c1-10(21)18-14(16)15-19-12-8-11(2-3-13(12)22-15)9-20-6-4-17-5-7-20;1-2/h2-8H,9H2,1H3,(H-,16,18,21);1-2H3/p+1. The van der Waals surface area contributed by atoms with Gasteiger partial charge in [-0.25, -0.2) is 9.98 Å². The van der Waals surface area contributed by atoms with Crippen LogP contribution in [0.15, 0.2) is 48.0 Å². The summed E-state index contributed by atoms with van der Waals surface area (Å²) in [5, 5.41) is 0.702. The maximum Gasteiger partial charge on any atom is 0.187 e. The minimum Gasteiger partial charge on any atom is -0.381 e. The molecule has 0 saturated carbocycles. The zero-order valence-corrected chi connectivity index (χ0v) is 15.6. The summed E-state index contributed by atoms with van der Waals surface area (Å²) < 4.78 is 3.14. The highest BCUT2D eigenvalue weighted by molar-refractivity contribution is 7.80. The first-order chi connectivity index (χ1) is 11.6. The van der Waals surface area contributed by atoms with Gasteiger partial charge in [0.1, 0.15) is 4.99 Å². The summed E-state index contributed by atoms with van der Waals surface area (Å²) in [6.07, 6.45) is 7.40. The molecular formula is C17H20N5S2+. The first-order valence-corrected chi connectivity index (χ1v) is 8.88. The first-order valence-electron chi connectivity index (χ1n) is 7.65. The molecule has 0 bridgehead atoms. The number of aliphatic imine (C=N–C) groups is 1. The lowest BCUT2D eigenvalue weighted by atomic mass is 10.2. The van der Waals surface area contributed by atoms with Gasteiger partial charge in [-0.2, -0.15) is 4.57 Å². The van der Waals surface area contributed by atoms with Crippen molar-refractivity contribution in [3.05, 3.63) is 53.6 Å². The molecule has 0 atom stereocenters. The number of benzene rings is 1. The molecule has 24 heavy (non-hydrogen) atoms. The molecule has 124 valence electrons. The van der Waals surface area contributed by atoms with E-state index < -0.39 is 0 Å². The van der Waals surface area contributed by atoms with Gasteiger partial charge in [-0.1, -0.05) is 32.1 Å². The predicted molar refractivity (Wildman–Crippen MR) is 103 cm³/mol. The molecule has 5 nitrogen and oxygen atoms in total. The van der Waals surface area contributed by atoms with Gasteiger partial charge in [-0.15, -0.1) is 11.3 Å². The van der Waals surface area contributed by atoms with Crippen molar-refractivity contribution in [1.82, 2.24) is 9.97 Å². The van der Waals surface area contributed by atoms with Gasteiger partial charge in [0.2, 0.25) is 0 Å². The number of thiazole rings is 1. The van der Waals surface area contributed by atoms with Crippen molar-refractivity contribution in [2.24, 2.45) is 10.7 Å². The fourth-order valence-electron chi connectivity index (χ4n) is 2.06. The van der Waals surface area contributed by atoms with Crippen molar-refractivity contribution in [3.63, 3.8) is 0 Å². The lowest BCUT2D eigenvalue weighted by molar-refractivity contribution is -0.688. The Labute approximate surface area is 150 Å². The maximum atomic E-state index is 5.92. The third kappa shape index (κ3) is 4.62. The van der Waals surface area contributed by atoms with E-state index in [9.17, 15) is 0 Å². The highest BCUT2D eigenvalue weighted by atomic mass is 32.1. The number of thiocarbonyl (C=S) groups is 1. The number of nitrogens with two attached hydrogens (primary N) is 1. The van der Waals surface area contributed by atoms with Crippen LogP contribution in [0, 0.1) is 0 Å². The monoisotopic (exact) mass is 358 g/mol. The van der Waals surface area contributed by atoms with E-state index in [1.165, 1.54) is 16.9 Å². The summed E-state index contributed by atoms with van der Waals surface area (Å²) >= 11 is 6.47. The molecule has 3 rings (SSSR count). The van der Waals surface area contributed by atoms with Crippen LogP contribution in [-0.2, 0) is 6.54 Å². The van der Waals surface area contributed by atoms with Crippen LogP contribution in [0.1, 0.15) is 31.3 Å². The molecule has 0 spiro atoms. The Kier molecular flexibility index (Phi) is 6.45. The van der Waals surface area contributed by atoms with E-state index in [-0.39, 0.29) is 0 Å². The van der Waals surface area contributed by atoms with Gasteiger partial charge in [0.15, 0.2) is 29.8 Å². The van der Waals surface area contributed by atoms with Crippen molar-refractivity contribution in [3.8, 4) is 0 Å². The zero-order chi connectivity index (χ0) is 17.5. The molecule has 0 aliphatic carbocycles. The molecule has 7 heteroatoms. The van der Waals surface area contributed by atoms with Gasteiger partial charge in [0.25, 0.3) is 0 Å². The van der Waals surface area contributed by atoms with Crippen LogP contribution < -0.4 is 10.3 Å². The lowest BCUT2D eigenvalue weighted by Crippen LogP contribution is -2.33. The summed E-state index contributed by atoms with van der Waals surface area (Å²) in [4.78, 5) is 13.2. The van der Waals surface area contributed by atoms with Crippen LogP contribution in [0.5, 0.6) is 0 Å². The summed E-state index contributed by atoms with van der Waals surface area (Å²) in [5.74, 6) is 0.374. The Bertz CT molecular complexity index is 856. The largest absolute Gasteiger partial charge is 0.381 e. The smallest absolute Gasteiger partial charge is 0.187 e. The number of rotatable bonds is 3. The Morgan fingerprint density at radius 1 is 1.29 bits per heavy atom. The molecule has 0 saturated heterocycles. The van der Waals surface area contributed by atoms with Crippen molar-refractivity contribution in [2.75, 3.05) is 0 Å². The average molecular weight is 359 g/mol. The van der Waals surface area contributed by atoms with Crippen molar-refractivity contribution in [1.29, 1.82) is 0 Å². The fraction of sp³-hybridized carbons (Fsp3) is 0.235. The number of amidine groups is 1. The summed E-state index contributed by atoms with van der Waals surface area (Å²) in [6.45, 7) is 6.51. The normalized spacial score (nSPS) is 11.0. The molecule has 1 aromatic carbocycles. The van der Waals surface area contributed by atoms with E-state index in [4.69, 9.17) is 18.0 Å². The number of nitrogens with zero attached hydrogens (tertiary/aromatic N) is 4. The molecule has 0 aliphatic rings. The van der Waals surface area contributed by atoms with E-state index >= 15 is 0 Å². The van der Waals surface area contributed by atoms with Crippen LogP contribution in [0.2, 0.25) is 0 Å². The molecule has 0 amide bonds. The van der Waals surface area contributed by atoms with Gasteiger partial charge in [0.05, 0.1) is 22.6 Å². The molecule has 2 N–H and O–H groups in total. The van der Waals surface area contributed by atoms with Crippen LogP contribution in [0.25, 0.3) is 10.2 Å². The van der Waals surface area contributed by atoms with Gasteiger partial charge in [-0.05, 0) is 19.1 Å². The molecule has 3 aromatic rings. The van der Waals surface area contributed by atoms with Crippen LogP contribution >= 0.6 is 23.6 Å². The quantitative estimate of drug-likeness (QED) is 0.338. The van der Waals surface area contributed by atoms with Gasteiger partial charge in [0, 0.05) is 5.56 Å². The molecule has 2 aromatic heterocycles. The SMILES string of the molecule is CC.CC(=S)N=C(N)c1nc2cc(C[n+]3ccncc3)ccc2s1. The van der Waals surface area contributed by atoms with Gasteiger partial charge >= 0.3 is 0 Å². The summed E-state index contributed by atoms with van der Waals surface area (Å²) in [7, 11) is 0. The third-order valence-electron chi connectivity index (χ3n) is 3.00. The number of hydrogen-bond acceptors (Lipinski definition) is 4. The Hall–Kier alpha value is -2.25. The predicted octanol–water partition coefficient (Wildman–Crippen LogP) is 3.11. The maximum absolute atomic E-state index is 5.92. The molecule has 0 aliphatic heterocycles. The van der Waals surface area contributed by atoms with Crippen LogP contribution in [0.3, 0.4) is 0 Å². The lowest BCUT2D eigenvalue weighted by Gasteiger charge is -1.97. The van der Waals surface area contributed by atoms with Gasteiger partial charge in [-0.3, -0.25) is 4.98 Å². The van der Waals surface area contributed by atoms with Gasteiger partial charge < -0.3 is 5.73 Å². The molecule has 2 heterocycles. The van der Waals surface area contributed by atoms with Crippen LogP contribution in [-0.4, -0.2) is 20.8 Å². The van der Waals surface area contributed by atoms with Crippen molar-refractivity contribution in [2.45, 2.75) is 27.3 Å². The zero-order valence-electron chi connectivity index (χ0n) is 13.9. The number of fused-ring (bicyclic) bond motifs is 1. The van der Waals surface area contributed by atoms with E-state index in [2.05, 4.69) is 37.7 Å². The minimum atomic E-state index is 0.374. The average Bonchev–Trinajstić information content (AvgIpc) is 3.00. The second-order valence-corrected chi connectivity index (χ2v) is 6.38. The molecule has 0 radical (unpaired) electrons. The van der Waals surface area contributed by atoms with Crippen LogP contribution in [0.4, 0.5) is 0 Å². The van der Waals surface area contributed by atoms with Crippen molar-refractivity contribution >= 4 is 44.6 Å². The highest BCUT2D eigenvalue weighted by Crippen LogP contribution is 2.23.